The molecule has 0 saturated carbocycles. The van der Waals surface area contributed by atoms with Gasteiger partial charge in [-0.2, -0.15) is 0 Å². The molecule has 0 unspecified atom stereocenters. The Hall–Kier alpha value is -1.69. The molecule has 0 saturated heterocycles. The third kappa shape index (κ3) is 4.17. The number of aromatic nitrogens is 3. The second-order valence-electron chi connectivity index (χ2n) is 4.04. The van der Waals surface area contributed by atoms with E-state index in [0.29, 0.717) is 0 Å². The molecule has 0 aromatic carbocycles. The molecule has 0 amide bonds. The van der Waals surface area contributed by atoms with Gasteiger partial charge >= 0.3 is 0 Å². The molecule has 2 aromatic rings. The summed E-state index contributed by atoms with van der Waals surface area (Å²) in [7, 11) is 0. The van der Waals surface area contributed by atoms with Gasteiger partial charge in [-0.15, -0.1) is 11.3 Å². The van der Waals surface area contributed by atoms with Crippen LogP contribution < -0.4 is 10.6 Å². The molecule has 0 spiro atoms. The fraction of sp³-hybridized carbons (Fsp3) is 0.462. The Labute approximate surface area is 117 Å². The van der Waals surface area contributed by atoms with E-state index in [0.717, 1.165) is 48.4 Å². The van der Waals surface area contributed by atoms with Crippen LogP contribution in [0.25, 0.3) is 0 Å². The number of nitrogens with one attached hydrogen (secondary N) is 2. The van der Waals surface area contributed by atoms with E-state index in [4.69, 9.17) is 0 Å². The van der Waals surface area contributed by atoms with E-state index >= 15 is 0 Å². The van der Waals surface area contributed by atoms with Crippen LogP contribution >= 0.6 is 11.3 Å². The zero-order chi connectivity index (χ0) is 13.5. The lowest BCUT2D eigenvalue weighted by Gasteiger charge is -2.09. The fourth-order valence-electron chi connectivity index (χ4n) is 1.69. The fourth-order valence-corrected chi connectivity index (χ4v) is 2.31. The Morgan fingerprint density at radius 1 is 1.16 bits per heavy atom. The normalized spacial score (nSPS) is 10.4. The number of nitrogens with zero attached hydrogens (tertiary/aromatic N) is 3. The molecule has 0 aliphatic heterocycles. The van der Waals surface area contributed by atoms with Crippen molar-refractivity contribution >= 4 is 23.0 Å². The summed E-state index contributed by atoms with van der Waals surface area (Å²) in [6.07, 6.45) is 3.59. The SMILES string of the molecule is CCNc1cc(NCCc2nccs2)nc(CC)n1. The average Bonchev–Trinajstić information content (AvgIpc) is 2.92. The molecule has 0 radical (unpaired) electrons. The highest BCUT2D eigenvalue weighted by atomic mass is 32.1. The average molecular weight is 277 g/mol. The van der Waals surface area contributed by atoms with E-state index in [2.05, 4.69) is 39.4 Å². The second-order valence-corrected chi connectivity index (χ2v) is 5.02. The van der Waals surface area contributed by atoms with Crippen LogP contribution in [0, 0.1) is 0 Å². The van der Waals surface area contributed by atoms with Crippen molar-refractivity contribution < 1.29 is 0 Å². The Balaban J connectivity index is 1.96. The first-order valence-corrected chi connectivity index (χ1v) is 7.43. The lowest BCUT2D eigenvalue weighted by atomic mass is 10.4. The van der Waals surface area contributed by atoms with E-state index in [1.54, 1.807) is 11.3 Å². The number of anilines is 2. The minimum Gasteiger partial charge on any atom is -0.370 e. The smallest absolute Gasteiger partial charge is 0.132 e. The van der Waals surface area contributed by atoms with Crippen molar-refractivity contribution in [3.05, 3.63) is 28.5 Å². The number of rotatable bonds is 7. The van der Waals surface area contributed by atoms with Gasteiger partial charge in [-0.1, -0.05) is 6.92 Å². The molecule has 102 valence electrons. The van der Waals surface area contributed by atoms with Crippen molar-refractivity contribution in [2.45, 2.75) is 26.7 Å². The molecule has 19 heavy (non-hydrogen) atoms. The van der Waals surface area contributed by atoms with Crippen LogP contribution in [-0.4, -0.2) is 28.0 Å². The van der Waals surface area contributed by atoms with Gasteiger partial charge in [0.05, 0.1) is 5.01 Å². The molecule has 6 heteroatoms. The number of hydrogen-bond donors (Lipinski definition) is 2. The molecule has 0 atom stereocenters. The van der Waals surface area contributed by atoms with Crippen LogP contribution in [0.1, 0.15) is 24.7 Å². The molecule has 2 heterocycles. The van der Waals surface area contributed by atoms with Gasteiger partial charge in [0.1, 0.15) is 17.5 Å². The third-order valence-electron chi connectivity index (χ3n) is 2.58. The van der Waals surface area contributed by atoms with Gasteiger partial charge in [-0.25, -0.2) is 15.0 Å². The van der Waals surface area contributed by atoms with Gasteiger partial charge in [-0.3, -0.25) is 0 Å². The highest BCUT2D eigenvalue weighted by Crippen LogP contribution is 2.12. The quantitative estimate of drug-likeness (QED) is 0.814. The van der Waals surface area contributed by atoms with E-state index in [1.807, 2.05) is 17.6 Å². The summed E-state index contributed by atoms with van der Waals surface area (Å²) in [5, 5.41) is 9.70. The molecule has 0 fully saturated rings. The molecule has 2 N–H and O–H groups in total. The van der Waals surface area contributed by atoms with E-state index in [1.165, 1.54) is 0 Å². The topological polar surface area (TPSA) is 62.7 Å². The third-order valence-corrected chi connectivity index (χ3v) is 3.41. The summed E-state index contributed by atoms with van der Waals surface area (Å²) < 4.78 is 0. The molecule has 2 aromatic heterocycles. The van der Waals surface area contributed by atoms with Crippen LogP contribution in [-0.2, 0) is 12.8 Å². The van der Waals surface area contributed by atoms with Crippen molar-refractivity contribution in [3.8, 4) is 0 Å². The van der Waals surface area contributed by atoms with E-state index in [9.17, 15) is 0 Å². The van der Waals surface area contributed by atoms with Crippen molar-refractivity contribution in [2.24, 2.45) is 0 Å². The Morgan fingerprint density at radius 3 is 2.58 bits per heavy atom. The first-order valence-electron chi connectivity index (χ1n) is 6.56. The first kappa shape index (κ1) is 13.7. The maximum absolute atomic E-state index is 4.47. The Morgan fingerprint density at radius 2 is 1.95 bits per heavy atom. The van der Waals surface area contributed by atoms with Crippen molar-refractivity contribution in [1.82, 2.24) is 15.0 Å². The zero-order valence-electron chi connectivity index (χ0n) is 11.3. The summed E-state index contributed by atoms with van der Waals surface area (Å²) in [5.41, 5.74) is 0. The highest BCUT2D eigenvalue weighted by Gasteiger charge is 2.03. The minimum atomic E-state index is 0.833. The van der Waals surface area contributed by atoms with Gasteiger partial charge in [-0.05, 0) is 6.92 Å². The molecule has 2 rings (SSSR count). The molecule has 0 bridgehead atoms. The predicted octanol–water partition coefficient (Wildman–Crippen LogP) is 2.58. The summed E-state index contributed by atoms with van der Waals surface area (Å²) in [4.78, 5) is 13.2. The Bertz CT molecular complexity index is 498. The molecule has 0 aliphatic rings. The summed E-state index contributed by atoms with van der Waals surface area (Å²) in [6.45, 7) is 5.81. The lowest BCUT2D eigenvalue weighted by molar-refractivity contribution is 0.920. The van der Waals surface area contributed by atoms with Crippen molar-refractivity contribution in [3.63, 3.8) is 0 Å². The van der Waals surface area contributed by atoms with Gasteiger partial charge in [0.15, 0.2) is 0 Å². The van der Waals surface area contributed by atoms with Crippen LogP contribution in [0.15, 0.2) is 17.6 Å². The number of thiazole rings is 1. The lowest BCUT2D eigenvalue weighted by Crippen LogP contribution is -2.10. The van der Waals surface area contributed by atoms with Crippen LogP contribution in [0.3, 0.4) is 0 Å². The summed E-state index contributed by atoms with van der Waals surface area (Å²) in [6, 6.07) is 1.95. The van der Waals surface area contributed by atoms with Gasteiger partial charge in [0, 0.05) is 43.6 Å². The predicted molar refractivity (Wildman–Crippen MR) is 79.9 cm³/mol. The van der Waals surface area contributed by atoms with Gasteiger partial charge in [0.2, 0.25) is 0 Å². The van der Waals surface area contributed by atoms with E-state index < -0.39 is 0 Å². The maximum atomic E-state index is 4.47. The molecule has 0 aliphatic carbocycles. The van der Waals surface area contributed by atoms with Crippen molar-refractivity contribution in [2.75, 3.05) is 23.7 Å². The minimum absolute atomic E-state index is 0.833. The monoisotopic (exact) mass is 277 g/mol. The standard InChI is InChI=1S/C13H19N5S/c1-3-10-17-11(14-4-2)9-12(18-10)15-6-5-13-16-7-8-19-13/h7-9H,3-6H2,1-2H3,(H2,14,15,17,18). The molecule has 5 nitrogen and oxygen atoms in total. The van der Waals surface area contributed by atoms with Crippen LogP contribution in [0.4, 0.5) is 11.6 Å². The van der Waals surface area contributed by atoms with Crippen molar-refractivity contribution in [1.29, 1.82) is 0 Å². The zero-order valence-corrected chi connectivity index (χ0v) is 12.1. The largest absolute Gasteiger partial charge is 0.370 e. The van der Waals surface area contributed by atoms with E-state index in [-0.39, 0.29) is 0 Å². The van der Waals surface area contributed by atoms with Gasteiger partial charge < -0.3 is 10.6 Å². The van der Waals surface area contributed by atoms with Crippen LogP contribution in [0.5, 0.6) is 0 Å². The summed E-state index contributed by atoms with van der Waals surface area (Å²) in [5.74, 6) is 2.61. The molecular formula is C13H19N5S. The second kappa shape index (κ2) is 7.04. The highest BCUT2D eigenvalue weighted by molar-refractivity contribution is 7.09. The first-order chi connectivity index (χ1) is 9.31. The molecular weight excluding hydrogens is 258 g/mol. The van der Waals surface area contributed by atoms with Crippen LogP contribution in [0.2, 0.25) is 0 Å². The number of hydrogen-bond acceptors (Lipinski definition) is 6. The van der Waals surface area contributed by atoms with Gasteiger partial charge in [0.25, 0.3) is 0 Å². The number of aryl methyl sites for hydroxylation is 1. The maximum Gasteiger partial charge on any atom is 0.132 e. The summed E-state index contributed by atoms with van der Waals surface area (Å²) >= 11 is 1.68. The Kier molecular flexibility index (Phi) is 5.09.